The zero-order chi connectivity index (χ0) is 25.2. The van der Waals surface area contributed by atoms with Gasteiger partial charge < -0.3 is 19.3 Å². The zero-order valence-corrected chi connectivity index (χ0v) is 21.5. The van der Waals surface area contributed by atoms with Crippen LogP contribution >= 0.6 is 28.6 Å². The van der Waals surface area contributed by atoms with Gasteiger partial charge in [0.15, 0.2) is 6.10 Å². The summed E-state index contributed by atoms with van der Waals surface area (Å²) in [6.07, 6.45) is -2.38. The molecule has 184 valence electrons. The minimum atomic E-state index is -1.03. The average molecular weight is 560 g/mol. The lowest BCUT2D eigenvalue weighted by atomic mass is 10.0. The number of aromatic hydroxyl groups is 1. The largest absolute Gasteiger partial charge is 0.508 e. The fourth-order valence-corrected chi connectivity index (χ4v) is 3.74. The number of amides is 1. The van der Waals surface area contributed by atoms with Crippen molar-refractivity contribution in [3.05, 3.63) is 88.4 Å². The number of phenolic OH excluding ortho intramolecular Hbond substituents is 1. The van der Waals surface area contributed by atoms with Crippen molar-refractivity contribution in [3.63, 3.8) is 0 Å². The van der Waals surface area contributed by atoms with Crippen LogP contribution in [0.5, 0.6) is 11.5 Å². The summed E-state index contributed by atoms with van der Waals surface area (Å²) < 4.78 is 17.8. The lowest BCUT2D eigenvalue weighted by molar-refractivity contribution is -0.141. The summed E-state index contributed by atoms with van der Waals surface area (Å²) >= 11 is 7.32. The molecule has 0 bridgehead atoms. The number of esters is 1. The van der Waals surface area contributed by atoms with Crippen LogP contribution in [-0.4, -0.2) is 35.6 Å². The molecule has 1 amide bonds. The van der Waals surface area contributed by atoms with Gasteiger partial charge in [-0.05, 0) is 49.4 Å². The second kappa shape index (κ2) is 13.1. The molecule has 0 aromatic heterocycles. The number of nitrogens with one attached hydrogen (secondary N) is 1. The maximum absolute atomic E-state index is 12.9. The molecule has 2 atom stereocenters. The van der Waals surface area contributed by atoms with Crippen LogP contribution in [0.2, 0.25) is 0 Å². The van der Waals surface area contributed by atoms with E-state index in [0.717, 1.165) is 5.56 Å². The van der Waals surface area contributed by atoms with Gasteiger partial charge in [-0.25, -0.2) is 4.79 Å². The van der Waals surface area contributed by atoms with Crippen LogP contribution in [0.15, 0.2) is 77.3 Å². The van der Waals surface area contributed by atoms with Crippen molar-refractivity contribution in [3.8, 4) is 11.5 Å². The second-order valence-electron chi connectivity index (χ2n) is 7.66. The predicted octanol–water partition coefficient (Wildman–Crippen LogP) is 6.06. The third-order valence-corrected chi connectivity index (χ3v) is 5.74. The van der Waals surface area contributed by atoms with Crippen LogP contribution in [0.4, 0.5) is 10.5 Å². The van der Waals surface area contributed by atoms with Crippen LogP contribution in [0, 0.1) is 6.92 Å². The minimum absolute atomic E-state index is 0.00506. The summed E-state index contributed by atoms with van der Waals surface area (Å²) in [4.78, 5) is 24.5. The summed E-state index contributed by atoms with van der Waals surface area (Å²) in [5, 5.41) is 13.3. The number of rotatable bonds is 10. The van der Waals surface area contributed by atoms with Crippen molar-refractivity contribution in [1.82, 2.24) is 0 Å². The Kier molecular flexibility index (Phi) is 9.86. The Morgan fingerprint density at radius 2 is 1.77 bits per heavy atom. The standard InChI is InChI=1S/C26H26BrNO6S/c1-17-7-10-19(11-8-17)28-26(31)34-25(21-15-18(27)9-12-22(21)29)23(13-14-32-24(30)16-35)33-20-5-3-2-4-6-20/h2-12,15,23,25,29,35H,13-14,16H2,1H3,(H,28,31)/t23-,25-/m1/s1. The molecule has 0 unspecified atom stereocenters. The molecule has 35 heavy (non-hydrogen) atoms. The smallest absolute Gasteiger partial charge is 0.412 e. The van der Waals surface area contributed by atoms with E-state index in [-0.39, 0.29) is 24.5 Å². The van der Waals surface area contributed by atoms with Crippen LogP contribution in [0.25, 0.3) is 0 Å². The number of hydrogen-bond acceptors (Lipinski definition) is 7. The number of aryl methyl sites for hydroxylation is 1. The fourth-order valence-electron chi connectivity index (χ4n) is 3.27. The van der Waals surface area contributed by atoms with E-state index in [0.29, 0.717) is 21.5 Å². The summed E-state index contributed by atoms with van der Waals surface area (Å²) in [5.41, 5.74) is 1.94. The van der Waals surface area contributed by atoms with Gasteiger partial charge in [0.1, 0.15) is 17.6 Å². The van der Waals surface area contributed by atoms with E-state index in [1.807, 2.05) is 37.3 Å². The first-order valence-electron chi connectivity index (χ1n) is 10.9. The molecule has 0 heterocycles. The highest BCUT2D eigenvalue weighted by Crippen LogP contribution is 2.35. The average Bonchev–Trinajstić information content (AvgIpc) is 2.85. The monoisotopic (exact) mass is 559 g/mol. The van der Waals surface area contributed by atoms with E-state index in [4.69, 9.17) is 14.2 Å². The van der Waals surface area contributed by atoms with Gasteiger partial charge in [-0.15, -0.1) is 0 Å². The molecule has 3 aromatic carbocycles. The topological polar surface area (TPSA) is 94.1 Å². The van der Waals surface area contributed by atoms with Crippen LogP contribution in [-0.2, 0) is 14.3 Å². The number of anilines is 1. The number of ether oxygens (including phenoxy) is 3. The van der Waals surface area contributed by atoms with Crippen molar-refractivity contribution in [1.29, 1.82) is 0 Å². The van der Waals surface area contributed by atoms with Crippen LogP contribution < -0.4 is 10.1 Å². The Labute approximate surface area is 217 Å². The zero-order valence-electron chi connectivity index (χ0n) is 19.0. The maximum atomic E-state index is 12.9. The van der Waals surface area contributed by atoms with Gasteiger partial charge in [0.05, 0.1) is 12.4 Å². The first kappa shape index (κ1) is 26.4. The first-order chi connectivity index (χ1) is 16.9. The van der Waals surface area contributed by atoms with E-state index in [1.54, 1.807) is 36.4 Å². The van der Waals surface area contributed by atoms with E-state index in [2.05, 4.69) is 33.9 Å². The number of hydrogen-bond donors (Lipinski definition) is 3. The molecule has 0 spiro atoms. The molecule has 0 saturated carbocycles. The van der Waals surface area contributed by atoms with Gasteiger partial charge in [0.2, 0.25) is 0 Å². The third-order valence-electron chi connectivity index (χ3n) is 4.99. The molecule has 2 N–H and O–H groups in total. The summed E-state index contributed by atoms with van der Waals surface area (Å²) in [6.45, 7) is 1.95. The molecule has 0 fully saturated rings. The van der Waals surface area contributed by atoms with Gasteiger partial charge in [0, 0.05) is 22.1 Å². The highest BCUT2D eigenvalue weighted by Gasteiger charge is 2.32. The van der Waals surface area contributed by atoms with Gasteiger partial charge in [0.25, 0.3) is 0 Å². The van der Waals surface area contributed by atoms with Crippen molar-refractivity contribution >= 4 is 46.3 Å². The molecule has 0 aliphatic heterocycles. The number of phenols is 1. The molecule has 0 aliphatic rings. The van der Waals surface area contributed by atoms with Crippen molar-refractivity contribution < 1.29 is 28.9 Å². The Morgan fingerprint density at radius 1 is 1.06 bits per heavy atom. The number of benzene rings is 3. The quantitative estimate of drug-likeness (QED) is 0.206. The molecule has 0 aliphatic carbocycles. The fraction of sp³-hybridized carbons (Fsp3) is 0.231. The minimum Gasteiger partial charge on any atom is -0.508 e. The summed E-state index contributed by atoms with van der Waals surface area (Å²) in [6, 6.07) is 21.1. The van der Waals surface area contributed by atoms with E-state index < -0.39 is 24.3 Å². The number of para-hydroxylation sites is 1. The Hall–Kier alpha value is -3.17. The summed E-state index contributed by atoms with van der Waals surface area (Å²) in [7, 11) is 0. The third kappa shape index (κ3) is 8.22. The van der Waals surface area contributed by atoms with Gasteiger partial charge in [-0.1, -0.05) is 51.8 Å². The predicted molar refractivity (Wildman–Crippen MR) is 140 cm³/mol. The Morgan fingerprint density at radius 3 is 2.46 bits per heavy atom. The Bertz CT molecular complexity index is 1130. The highest BCUT2D eigenvalue weighted by atomic mass is 79.9. The Balaban J connectivity index is 1.90. The first-order valence-corrected chi connectivity index (χ1v) is 12.3. The van der Waals surface area contributed by atoms with Crippen LogP contribution in [0.1, 0.15) is 23.7 Å². The van der Waals surface area contributed by atoms with Crippen molar-refractivity contribution in [2.75, 3.05) is 17.7 Å². The number of carbonyl (C=O) groups is 2. The normalized spacial score (nSPS) is 12.3. The molecule has 0 radical (unpaired) electrons. The van der Waals surface area contributed by atoms with Gasteiger partial charge in [-0.2, -0.15) is 12.6 Å². The molecule has 7 nitrogen and oxygen atoms in total. The molecular formula is C26H26BrNO6S. The van der Waals surface area contributed by atoms with E-state index in [1.165, 1.54) is 6.07 Å². The second-order valence-corrected chi connectivity index (χ2v) is 8.89. The number of halogens is 1. The molecule has 9 heteroatoms. The number of carbonyl (C=O) groups excluding carboxylic acids is 2. The number of thiol groups is 1. The van der Waals surface area contributed by atoms with Crippen molar-refractivity contribution in [2.45, 2.75) is 25.6 Å². The highest BCUT2D eigenvalue weighted by molar-refractivity contribution is 9.10. The molecule has 3 rings (SSSR count). The molecule has 3 aromatic rings. The SMILES string of the molecule is Cc1ccc(NC(=O)O[C@H](c2cc(Br)ccc2O)[C@@H](CCOC(=O)CS)Oc2ccccc2)cc1. The lowest BCUT2D eigenvalue weighted by Gasteiger charge is -2.29. The van der Waals surface area contributed by atoms with Crippen molar-refractivity contribution in [2.24, 2.45) is 0 Å². The summed E-state index contributed by atoms with van der Waals surface area (Å²) in [5.74, 6) is -0.0859. The molecular weight excluding hydrogens is 534 g/mol. The van der Waals surface area contributed by atoms with E-state index in [9.17, 15) is 14.7 Å². The maximum Gasteiger partial charge on any atom is 0.412 e. The van der Waals surface area contributed by atoms with E-state index >= 15 is 0 Å². The van der Waals surface area contributed by atoms with Gasteiger partial charge >= 0.3 is 12.1 Å². The molecule has 0 saturated heterocycles. The van der Waals surface area contributed by atoms with Crippen LogP contribution in [0.3, 0.4) is 0 Å². The van der Waals surface area contributed by atoms with Gasteiger partial charge in [-0.3, -0.25) is 10.1 Å². The lowest BCUT2D eigenvalue weighted by Crippen LogP contribution is -2.32.